The Morgan fingerprint density at radius 1 is 1.62 bits per heavy atom. The average molecular weight is 134 g/mol. The van der Waals surface area contributed by atoms with Crippen LogP contribution in [0.4, 0.5) is 0 Å². The molecule has 0 radical (unpaired) electrons. The summed E-state index contributed by atoms with van der Waals surface area (Å²) in [5.41, 5.74) is 0. The van der Waals surface area contributed by atoms with E-state index < -0.39 is 0 Å². The summed E-state index contributed by atoms with van der Waals surface area (Å²) in [5, 5.41) is 8.58. The predicted molar refractivity (Wildman–Crippen MR) is 41.3 cm³/mol. The van der Waals surface area contributed by atoms with Crippen molar-refractivity contribution in [2.45, 2.75) is 13.8 Å². The first-order valence-corrected chi connectivity index (χ1v) is 3.42. The lowest BCUT2D eigenvalue weighted by atomic mass is 11.0. The van der Waals surface area contributed by atoms with Gasteiger partial charge < -0.3 is 5.32 Å². The minimum absolute atomic E-state index is 0.787. The van der Waals surface area contributed by atoms with Gasteiger partial charge in [-0.15, -0.1) is 0 Å². The van der Waals surface area contributed by atoms with Gasteiger partial charge in [-0.25, -0.2) is 0 Å². The van der Waals surface area contributed by atoms with E-state index in [1.165, 1.54) is 0 Å². The Balaban J connectivity index is 0. The lowest BCUT2D eigenvalue weighted by Gasteiger charge is -1.93. The molecule has 0 aliphatic carbocycles. The van der Waals surface area contributed by atoms with Crippen LogP contribution in [0.3, 0.4) is 0 Å². The van der Waals surface area contributed by atoms with Crippen LogP contribution in [0.25, 0.3) is 0 Å². The normalized spacial score (nSPS) is 6.50. The van der Waals surface area contributed by atoms with E-state index in [0.717, 1.165) is 17.0 Å². The number of nitrogens with two attached hydrogens (primary N) is 1. The van der Waals surface area contributed by atoms with E-state index in [1.54, 1.807) is 7.05 Å². The second kappa shape index (κ2) is 9.97. The summed E-state index contributed by atoms with van der Waals surface area (Å²) in [5.74, 6) is 0. The molecule has 0 aliphatic heterocycles. The minimum Gasteiger partial charge on any atom is -0.382 e. The molecular formula is C5H14N2S. The van der Waals surface area contributed by atoms with Gasteiger partial charge in [-0.3, -0.25) is 5.14 Å². The second-order valence-electron chi connectivity index (χ2n) is 0.791. The average Bonchev–Trinajstić information content (AvgIpc) is 1.91. The van der Waals surface area contributed by atoms with E-state index in [9.17, 15) is 0 Å². The minimum atomic E-state index is 0.787. The zero-order chi connectivity index (χ0) is 6.99. The first-order chi connectivity index (χ1) is 3.81. The van der Waals surface area contributed by atoms with E-state index in [4.69, 9.17) is 5.14 Å². The Labute approximate surface area is 55.7 Å². The molecule has 0 atom stereocenters. The summed E-state index contributed by atoms with van der Waals surface area (Å²) in [7, 11) is 1.78. The molecule has 0 heterocycles. The van der Waals surface area contributed by atoms with Gasteiger partial charge in [-0.1, -0.05) is 20.4 Å². The molecule has 0 unspecified atom stereocenters. The molecule has 0 fully saturated rings. The number of hydrogen-bond acceptors (Lipinski definition) is 3. The summed E-state index contributed by atoms with van der Waals surface area (Å²) >= 11 is 1.12. The molecule has 3 heteroatoms. The highest BCUT2D eigenvalue weighted by Gasteiger charge is 1.76. The maximum atomic E-state index is 5.04. The largest absolute Gasteiger partial charge is 0.382 e. The van der Waals surface area contributed by atoms with Gasteiger partial charge in [-0.2, -0.15) is 0 Å². The number of nitrogens with one attached hydrogen (secondary N) is 1. The monoisotopic (exact) mass is 134 g/mol. The van der Waals surface area contributed by atoms with E-state index >= 15 is 0 Å². The number of rotatable bonds is 2. The fourth-order valence-corrected chi connectivity index (χ4v) is 0.177. The van der Waals surface area contributed by atoms with Gasteiger partial charge in [0.25, 0.3) is 0 Å². The van der Waals surface area contributed by atoms with Gasteiger partial charge in [0.1, 0.15) is 0 Å². The van der Waals surface area contributed by atoms with Crippen molar-refractivity contribution in [2.75, 3.05) is 7.05 Å². The predicted octanol–water partition coefficient (Wildman–Crippen LogP) is 1.31. The first-order valence-electron chi connectivity index (χ1n) is 2.54. The Kier molecular flexibility index (Phi) is 13.4. The smallest absolute Gasteiger partial charge is 0.0756 e. The van der Waals surface area contributed by atoms with E-state index in [2.05, 4.69) is 11.9 Å². The molecule has 0 saturated heterocycles. The van der Waals surface area contributed by atoms with Gasteiger partial charge in [0.15, 0.2) is 0 Å². The SMILES string of the molecule is C=C(NC)SN.CC. The van der Waals surface area contributed by atoms with Crippen LogP contribution in [0.2, 0.25) is 0 Å². The molecule has 0 aromatic carbocycles. The molecule has 0 aliphatic rings. The zero-order valence-corrected chi connectivity index (χ0v) is 6.51. The quantitative estimate of drug-likeness (QED) is 0.559. The van der Waals surface area contributed by atoms with Crippen LogP contribution in [-0.4, -0.2) is 7.05 Å². The third-order valence-corrected chi connectivity index (χ3v) is 0.910. The Morgan fingerprint density at radius 3 is 2.00 bits per heavy atom. The fraction of sp³-hybridized carbons (Fsp3) is 0.600. The van der Waals surface area contributed by atoms with Crippen molar-refractivity contribution in [3.63, 3.8) is 0 Å². The van der Waals surface area contributed by atoms with Crippen LogP contribution in [0.1, 0.15) is 13.8 Å². The van der Waals surface area contributed by atoms with Crippen LogP contribution in [-0.2, 0) is 0 Å². The Bertz CT molecular complexity index is 48.4. The highest BCUT2D eigenvalue weighted by Crippen LogP contribution is 1.94. The molecule has 50 valence electrons. The number of hydrogen-bond donors (Lipinski definition) is 2. The summed E-state index contributed by atoms with van der Waals surface area (Å²) in [4.78, 5) is 0. The third kappa shape index (κ3) is 9.28. The molecule has 0 rings (SSSR count). The fourth-order valence-electron chi connectivity index (χ4n) is 0.0589. The summed E-state index contributed by atoms with van der Waals surface area (Å²) in [6.45, 7) is 7.52. The molecule has 0 saturated carbocycles. The molecule has 0 aromatic rings. The van der Waals surface area contributed by atoms with Crippen molar-refractivity contribution < 1.29 is 0 Å². The van der Waals surface area contributed by atoms with Crippen LogP contribution < -0.4 is 10.5 Å². The summed E-state index contributed by atoms with van der Waals surface area (Å²) in [6.07, 6.45) is 0. The zero-order valence-electron chi connectivity index (χ0n) is 5.69. The van der Waals surface area contributed by atoms with Crippen molar-refractivity contribution in [2.24, 2.45) is 5.14 Å². The lowest BCUT2D eigenvalue weighted by Crippen LogP contribution is -2.01. The van der Waals surface area contributed by atoms with Crippen molar-refractivity contribution >= 4 is 11.9 Å². The first kappa shape index (κ1) is 10.8. The van der Waals surface area contributed by atoms with Crippen LogP contribution >= 0.6 is 11.9 Å². The summed E-state index contributed by atoms with van der Waals surface area (Å²) < 4.78 is 0. The van der Waals surface area contributed by atoms with E-state index in [-0.39, 0.29) is 0 Å². The molecule has 2 nitrogen and oxygen atoms in total. The Morgan fingerprint density at radius 2 is 2.00 bits per heavy atom. The van der Waals surface area contributed by atoms with Gasteiger partial charge in [0.05, 0.1) is 5.03 Å². The molecule has 0 bridgehead atoms. The van der Waals surface area contributed by atoms with Gasteiger partial charge in [0.2, 0.25) is 0 Å². The second-order valence-corrected chi connectivity index (χ2v) is 1.52. The van der Waals surface area contributed by atoms with Gasteiger partial charge in [0, 0.05) is 7.05 Å². The molecule has 0 amide bonds. The molecule has 0 spiro atoms. The van der Waals surface area contributed by atoms with E-state index in [0.29, 0.717) is 0 Å². The topological polar surface area (TPSA) is 38.0 Å². The highest BCUT2D eigenvalue weighted by molar-refractivity contribution is 8.00. The van der Waals surface area contributed by atoms with E-state index in [1.807, 2.05) is 13.8 Å². The van der Waals surface area contributed by atoms with Crippen LogP contribution in [0.5, 0.6) is 0 Å². The molecular weight excluding hydrogens is 120 g/mol. The van der Waals surface area contributed by atoms with Crippen molar-refractivity contribution in [3.05, 3.63) is 11.6 Å². The van der Waals surface area contributed by atoms with Crippen molar-refractivity contribution in [1.29, 1.82) is 0 Å². The standard InChI is InChI=1S/C3H8N2S.C2H6/c1-3(5-2)6-4;1-2/h5H,1,4H2,2H3;1-2H3. The summed E-state index contributed by atoms with van der Waals surface area (Å²) in [6, 6.07) is 0. The third-order valence-electron chi connectivity index (χ3n) is 0.421. The maximum Gasteiger partial charge on any atom is 0.0756 e. The van der Waals surface area contributed by atoms with Crippen LogP contribution in [0.15, 0.2) is 11.6 Å². The Hall–Kier alpha value is -0.150. The molecule has 0 aromatic heterocycles. The van der Waals surface area contributed by atoms with Crippen molar-refractivity contribution in [1.82, 2.24) is 5.32 Å². The molecule has 8 heavy (non-hydrogen) atoms. The van der Waals surface area contributed by atoms with Crippen molar-refractivity contribution in [3.8, 4) is 0 Å². The van der Waals surface area contributed by atoms with Crippen LogP contribution in [0, 0.1) is 0 Å². The molecule has 3 N–H and O–H groups in total. The van der Waals surface area contributed by atoms with Gasteiger partial charge in [-0.05, 0) is 11.9 Å². The van der Waals surface area contributed by atoms with Gasteiger partial charge >= 0.3 is 0 Å². The highest BCUT2D eigenvalue weighted by atomic mass is 32.2. The lowest BCUT2D eigenvalue weighted by molar-refractivity contribution is 1.09. The maximum absolute atomic E-state index is 5.04.